The first-order chi connectivity index (χ1) is 9.92. The number of rotatable bonds is 15. The normalized spacial score (nSPS) is 11.8. The number of unbranched alkanes of at least 4 members (excludes halogenated alkanes) is 7. The van der Waals surface area contributed by atoms with E-state index >= 15 is 0 Å². The van der Waals surface area contributed by atoms with E-state index in [1.807, 2.05) is 0 Å². The van der Waals surface area contributed by atoms with Gasteiger partial charge >= 0.3 is 7.82 Å². The molecule has 0 aromatic rings. The second-order valence-electron chi connectivity index (χ2n) is 5.22. The van der Waals surface area contributed by atoms with Gasteiger partial charge in [0.15, 0.2) is 0 Å². The van der Waals surface area contributed by atoms with Gasteiger partial charge in [0, 0.05) is 13.0 Å². The Hall–Kier alpha value is -0.260. The number of ketones is 1. The molecule has 0 saturated heterocycles. The maximum absolute atomic E-state index is 10.7. The van der Waals surface area contributed by atoms with Gasteiger partial charge in [0.05, 0.1) is 13.2 Å². The molecule has 126 valence electrons. The monoisotopic (exact) mass is 324 g/mol. The Bertz CT molecular complexity index is 302. The van der Waals surface area contributed by atoms with Crippen molar-refractivity contribution in [3.63, 3.8) is 0 Å². The summed E-state index contributed by atoms with van der Waals surface area (Å²) in [5, 5.41) is 0. The minimum absolute atomic E-state index is 0.127. The van der Waals surface area contributed by atoms with Gasteiger partial charge in [-0.3, -0.25) is 9.32 Å². The summed E-state index contributed by atoms with van der Waals surface area (Å²) in [6.07, 6.45) is 8.87. The van der Waals surface area contributed by atoms with Crippen LogP contribution in [0.25, 0.3) is 0 Å². The molecular formula is C14H29O6P. The standard InChI is InChI=1S/C14H29O6P/c1-14(15)10-13-19-11-8-6-4-2-3-5-7-9-12-20-21(16,17)18/h2-13H2,1H3,(H2,16,17,18). The first-order valence-corrected chi connectivity index (χ1v) is 9.22. The molecule has 0 spiro atoms. The topological polar surface area (TPSA) is 93.1 Å². The Morgan fingerprint density at radius 3 is 1.81 bits per heavy atom. The molecule has 0 amide bonds. The smallest absolute Gasteiger partial charge is 0.381 e. The zero-order valence-electron chi connectivity index (χ0n) is 13.0. The van der Waals surface area contributed by atoms with Crippen molar-refractivity contribution in [3.8, 4) is 0 Å². The molecule has 0 aromatic carbocycles. The lowest BCUT2D eigenvalue weighted by Crippen LogP contribution is -2.01. The van der Waals surface area contributed by atoms with Crippen LogP contribution in [0.4, 0.5) is 0 Å². The van der Waals surface area contributed by atoms with E-state index in [1.165, 1.54) is 12.8 Å². The third-order valence-corrected chi connectivity index (χ3v) is 3.56. The molecule has 0 heterocycles. The number of ether oxygens (including phenoxy) is 1. The minimum atomic E-state index is -4.28. The van der Waals surface area contributed by atoms with Crippen molar-refractivity contribution in [1.82, 2.24) is 0 Å². The molecule has 0 aliphatic carbocycles. The van der Waals surface area contributed by atoms with Crippen molar-refractivity contribution in [3.05, 3.63) is 0 Å². The second kappa shape index (κ2) is 13.4. The molecule has 2 N–H and O–H groups in total. The number of phosphoric ester groups is 1. The van der Waals surface area contributed by atoms with Gasteiger partial charge in [-0.15, -0.1) is 0 Å². The van der Waals surface area contributed by atoms with Gasteiger partial charge in [0.2, 0.25) is 0 Å². The van der Waals surface area contributed by atoms with E-state index in [1.54, 1.807) is 6.92 Å². The molecule has 0 fully saturated rings. The summed E-state index contributed by atoms with van der Waals surface area (Å²) in [4.78, 5) is 27.6. The van der Waals surface area contributed by atoms with Crippen LogP contribution >= 0.6 is 7.82 Å². The molecule has 0 saturated carbocycles. The van der Waals surface area contributed by atoms with Gasteiger partial charge in [-0.25, -0.2) is 4.57 Å². The maximum Gasteiger partial charge on any atom is 0.469 e. The quantitative estimate of drug-likeness (QED) is 0.355. The van der Waals surface area contributed by atoms with E-state index in [0.717, 1.165) is 38.7 Å². The molecular weight excluding hydrogens is 295 g/mol. The number of hydrogen-bond donors (Lipinski definition) is 2. The average Bonchev–Trinajstić information content (AvgIpc) is 2.37. The van der Waals surface area contributed by atoms with Crippen LogP contribution in [-0.4, -0.2) is 35.4 Å². The molecule has 0 aromatic heterocycles. The fourth-order valence-electron chi connectivity index (χ4n) is 1.87. The molecule has 0 aliphatic rings. The lowest BCUT2D eigenvalue weighted by atomic mass is 10.1. The van der Waals surface area contributed by atoms with Crippen LogP contribution in [0.1, 0.15) is 64.7 Å². The van der Waals surface area contributed by atoms with E-state index < -0.39 is 7.82 Å². The lowest BCUT2D eigenvalue weighted by molar-refractivity contribution is -0.118. The molecule has 0 bridgehead atoms. The van der Waals surface area contributed by atoms with Crippen LogP contribution in [0, 0.1) is 0 Å². The first-order valence-electron chi connectivity index (χ1n) is 7.69. The number of phosphoric acid groups is 1. The highest BCUT2D eigenvalue weighted by Crippen LogP contribution is 2.35. The molecule has 0 aliphatic heterocycles. The fourth-order valence-corrected chi connectivity index (χ4v) is 2.24. The number of carbonyl (C=O) groups excluding carboxylic acids is 1. The molecule has 0 radical (unpaired) electrons. The third kappa shape index (κ3) is 19.7. The van der Waals surface area contributed by atoms with Crippen LogP contribution in [-0.2, 0) is 18.6 Å². The van der Waals surface area contributed by atoms with Crippen LogP contribution in [0.15, 0.2) is 0 Å². The highest BCUT2D eigenvalue weighted by atomic mass is 31.2. The molecule has 0 atom stereocenters. The number of carbonyl (C=O) groups is 1. The minimum Gasteiger partial charge on any atom is -0.381 e. The largest absolute Gasteiger partial charge is 0.469 e. The molecule has 7 heteroatoms. The van der Waals surface area contributed by atoms with Crippen LogP contribution in [0.2, 0.25) is 0 Å². The first kappa shape index (κ1) is 20.7. The van der Waals surface area contributed by atoms with E-state index in [9.17, 15) is 9.36 Å². The van der Waals surface area contributed by atoms with Gasteiger partial charge < -0.3 is 14.5 Å². The summed E-state index contributed by atoms with van der Waals surface area (Å²) in [6, 6.07) is 0. The van der Waals surface area contributed by atoms with Gasteiger partial charge in [-0.2, -0.15) is 0 Å². The Morgan fingerprint density at radius 2 is 1.33 bits per heavy atom. The number of hydrogen-bond acceptors (Lipinski definition) is 4. The SMILES string of the molecule is CC(=O)CCOCCCCCCCCCCOP(=O)(O)O. The highest BCUT2D eigenvalue weighted by molar-refractivity contribution is 7.46. The Morgan fingerprint density at radius 1 is 0.857 bits per heavy atom. The fraction of sp³-hybridized carbons (Fsp3) is 0.929. The van der Waals surface area contributed by atoms with E-state index in [-0.39, 0.29) is 12.4 Å². The molecule has 0 rings (SSSR count). The zero-order chi connectivity index (χ0) is 16.0. The van der Waals surface area contributed by atoms with E-state index in [2.05, 4.69) is 4.52 Å². The highest BCUT2D eigenvalue weighted by Gasteiger charge is 2.12. The summed E-state index contributed by atoms with van der Waals surface area (Å²) >= 11 is 0. The van der Waals surface area contributed by atoms with Crippen molar-refractivity contribution >= 4 is 13.6 Å². The van der Waals surface area contributed by atoms with Crippen LogP contribution in [0.3, 0.4) is 0 Å². The molecule has 0 unspecified atom stereocenters. The Kier molecular flexibility index (Phi) is 13.2. The van der Waals surface area contributed by atoms with Gasteiger partial charge in [0.1, 0.15) is 5.78 Å². The van der Waals surface area contributed by atoms with Crippen molar-refractivity contribution in [2.45, 2.75) is 64.7 Å². The van der Waals surface area contributed by atoms with Crippen molar-refractivity contribution in [1.29, 1.82) is 0 Å². The van der Waals surface area contributed by atoms with Crippen molar-refractivity contribution < 1.29 is 28.4 Å². The predicted molar refractivity (Wildman–Crippen MR) is 81.0 cm³/mol. The van der Waals surface area contributed by atoms with Gasteiger partial charge in [-0.1, -0.05) is 38.5 Å². The predicted octanol–water partition coefficient (Wildman–Crippen LogP) is 3.21. The zero-order valence-corrected chi connectivity index (χ0v) is 13.9. The Labute approximate surface area is 127 Å². The molecule has 6 nitrogen and oxygen atoms in total. The van der Waals surface area contributed by atoms with Crippen LogP contribution in [0.5, 0.6) is 0 Å². The summed E-state index contributed by atoms with van der Waals surface area (Å²) in [5.41, 5.74) is 0. The summed E-state index contributed by atoms with van der Waals surface area (Å²) in [5.74, 6) is 0.168. The average molecular weight is 324 g/mol. The van der Waals surface area contributed by atoms with Crippen molar-refractivity contribution in [2.75, 3.05) is 19.8 Å². The Balaban J connectivity index is 3.06. The number of Topliss-reactive ketones (excluding diaryl/α,β-unsaturated/α-hetero) is 1. The third-order valence-electron chi connectivity index (χ3n) is 3.04. The summed E-state index contributed by atoms with van der Waals surface area (Å²) in [6.45, 7) is 2.96. The van der Waals surface area contributed by atoms with E-state index in [4.69, 9.17) is 14.5 Å². The summed E-state index contributed by atoms with van der Waals surface area (Å²) in [7, 11) is -4.28. The summed E-state index contributed by atoms with van der Waals surface area (Å²) < 4.78 is 20.1. The van der Waals surface area contributed by atoms with E-state index in [0.29, 0.717) is 19.4 Å². The molecule has 21 heavy (non-hydrogen) atoms. The maximum atomic E-state index is 10.7. The lowest BCUT2D eigenvalue weighted by Gasteiger charge is -2.05. The van der Waals surface area contributed by atoms with Crippen molar-refractivity contribution in [2.24, 2.45) is 0 Å². The second-order valence-corrected chi connectivity index (χ2v) is 6.46. The van der Waals surface area contributed by atoms with Gasteiger partial charge in [-0.05, 0) is 19.8 Å². The van der Waals surface area contributed by atoms with Gasteiger partial charge in [0.25, 0.3) is 0 Å². The van der Waals surface area contributed by atoms with Crippen LogP contribution < -0.4 is 0 Å².